The third kappa shape index (κ3) is 4.37. The molecule has 0 spiro atoms. The van der Waals surface area contributed by atoms with E-state index in [1.165, 1.54) is 0 Å². The number of carbonyl (C=O) groups excluding carboxylic acids is 1. The molecule has 0 bridgehead atoms. The minimum Gasteiger partial charge on any atom is -0.491 e. The third-order valence-electron chi connectivity index (χ3n) is 2.36. The van der Waals surface area contributed by atoms with Gasteiger partial charge in [-0.1, -0.05) is 18.2 Å². The van der Waals surface area contributed by atoms with Crippen LogP contribution in [0.5, 0.6) is 5.75 Å². The lowest BCUT2D eigenvalue weighted by Crippen LogP contribution is -2.34. The highest BCUT2D eigenvalue weighted by Crippen LogP contribution is 2.20. The van der Waals surface area contributed by atoms with Crippen molar-refractivity contribution in [1.29, 1.82) is 0 Å². The number of benzene rings is 1. The van der Waals surface area contributed by atoms with Crippen LogP contribution in [-0.4, -0.2) is 24.7 Å². The van der Waals surface area contributed by atoms with Gasteiger partial charge in [0.15, 0.2) is 0 Å². The smallest absolute Gasteiger partial charge is 0.323 e. The van der Waals surface area contributed by atoms with Crippen molar-refractivity contribution in [1.82, 2.24) is 0 Å². The van der Waals surface area contributed by atoms with Gasteiger partial charge in [-0.05, 0) is 32.4 Å². The Kier molecular flexibility index (Phi) is 5.65. The minimum absolute atomic E-state index is 0.0879. The van der Waals surface area contributed by atoms with Gasteiger partial charge in [-0.15, -0.1) is 0 Å². The van der Waals surface area contributed by atoms with Crippen molar-refractivity contribution in [2.24, 2.45) is 5.73 Å². The summed E-state index contributed by atoms with van der Waals surface area (Å²) >= 11 is 0. The third-order valence-corrected chi connectivity index (χ3v) is 2.36. The van der Waals surface area contributed by atoms with Crippen LogP contribution in [0.3, 0.4) is 0 Å². The standard InChI is InChI=1S/C14H21NO3/c1-4-17-14(16)12(15)9-11-7-5-6-8-13(11)18-10(2)3/h5-8,10,12H,4,9,15H2,1-3H3. The van der Waals surface area contributed by atoms with E-state index in [0.717, 1.165) is 11.3 Å². The van der Waals surface area contributed by atoms with Crippen molar-refractivity contribution in [2.75, 3.05) is 6.61 Å². The molecule has 0 amide bonds. The predicted octanol–water partition coefficient (Wildman–Crippen LogP) is 1.91. The molecule has 0 aliphatic carbocycles. The summed E-state index contributed by atoms with van der Waals surface area (Å²) in [5, 5.41) is 0. The van der Waals surface area contributed by atoms with Crippen LogP contribution in [0, 0.1) is 0 Å². The Morgan fingerprint density at radius 1 is 1.33 bits per heavy atom. The lowest BCUT2D eigenvalue weighted by Gasteiger charge is -2.16. The Morgan fingerprint density at radius 2 is 2.00 bits per heavy atom. The highest BCUT2D eigenvalue weighted by molar-refractivity contribution is 5.76. The molecule has 0 aliphatic heterocycles. The van der Waals surface area contributed by atoms with Crippen LogP contribution in [0.1, 0.15) is 26.3 Å². The molecule has 1 aromatic carbocycles. The van der Waals surface area contributed by atoms with Gasteiger partial charge < -0.3 is 15.2 Å². The summed E-state index contributed by atoms with van der Waals surface area (Å²) in [4.78, 5) is 11.5. The molecule has 0 saturated heterocycles. The highest BCUT2D eigenvalue weighted by Gasteiger charge is 2.17. The van der Waals surface area contributed by atoms with Gasteiger partial charge in [0.2, 0.25) is 0 Å². The fraction of sp³-hybridized carbons (Fsp3) is 0.500. The first-order valence-electron chi connectivity index (χ1n) is 6.21. The number of para-hydroxylation sites is 1. The molecule has 1 rings (SSSR count). The Morgan fingerprint density at radius 3 is 2.61 bits per heavy atom. The van der Waals surface area contributed by atoms with E-state index in [0.29, 0.717) is 13.0 Å². The summed E-state index contributed by atoms with van der Waals surface area (Å²) in [6.45, 7) is 6.03. The maximum Gasteiger partial charge on any atom is 0.323 e. The van der Waals surface area contributed by atoms with Crippen LogP contribution < -0.4 is 10.5 Å². The summed E-state index contributed by atoms with van der Waals surface area (Å²) < 4.78 is 10.6. The van der Waals surface area contributed by atoms with Gasteiger partial charge in [-0.3, -0.25) is 4.79 Å². The maximum absolute atomic E-state index is 11.5. The highest BCUT2D eigenvalue weighted by atomic mass is 16.5. The largest absolute Gasteiger partial charge is 0.491 e. The second-order valence-electron chi connectivity index (χ2n) is 4.34. The second-order valence-corrected chi connectivity index (χ2v) is 4.34. The van der Waals surface area contributed by atoms with E-state index in [1.54, 1.807) is 6.92 Å². The van der Waals surface area contributed by atoms with E-state index in [9.17, 15) is 4.79 Å². The summed E-state index contributed by atoms with van der Waals surface area (Å²) in [6.07, 6.45) is 0.506. The average Bonchev–Trinajstić information content (AvgIpc) is 2.31. The van der Waals surface area contributed by atoms with Gasteiger partial charge in [0.1, 0.15) is 11.8 Å². The first-order chi connectivity index (χ1) is 8.54. The molecule has 0 heterocycles. The zero-order chi connectivity index (χ0) is 13.5. The van der Waals surface area contributed by atoms with E-state index < -0.39 is 6.04 Å². The lowest BCUT2D eigenvalue weighted by atomic mass is 10.1. The van der Waals surface area contributed by atoms with Crippen molar-refractivity contribution < 1.29 is 14.3 Å². The van der Waals surface area contributed by atoms with E-state index in [-0.39, 0.29) is 12.1 Å². The van der Waals surface area contributed by atoms with Crippen LogP contribution >= 0.6 is 0 Å². The van der Waals surface area contributed by atoms with Gasteiger partial charge in [0.25, 0.3) is 0 Å². The zero-order valence-electron chi connectivity index (χ0n) is 11.2. The maximum atomic E-state index is 11.5. The molecule has 100 valence electrons. The van der Waals surface area contributed by atoms with Crippen molar-refractivity contribution in [3.8, 4) is 5.75 Å². The Labute approximate surface area is 108 Å². The monoisotopic (exact) mass is 251 g/mol. The molecule has 0 fully saturated rings. The van der Waals surface area contributed by atoms with Gasteiger partial charge in [-0.2, -0.15) is 0 Å². The Bertz CT molecular complexity index is 390. The molecule has 2 N–H and O–H groups in total. The lowest BCUT2D eigenvalue weighted by molar-refractivity contribution is -0.144. The van der Waals surface area contributed by atoms with Gasteiger partial charge in [0.05, 0.1) is 12.7 Å². The summed E-state index contributed by atoms with van der Waals surface area (Å²) in [5.74, 6) is 0.393. The molecule has 0 radical (unpaired) electrons. The summed E-state index contributed by atoms with van der Waals surface area (Å²) in [5.41, 5.74) is 6.73. The first-order valence-corrected chi connectivity index (χ1v) is 6.21. The van der Waals surface area contributed by atoms with Crippen molar-refractivity contribution in [2.45, 2.75) is 39.3 Å². The fourth-order valence-corrected chi connectivity index (χ4v) is 1.61. The van der Waals surface area contributed by atoms with Crippen molar-refractivity contribution in [3.63, 3.8) is 0 Å². The quantitative estimate of drug-likeness (QED) is 0.784. The summed E-state index contributed by atoms with van der Waals surface area (Å²) in [7, 11) is 0. The minimum atomic E-state index is -0.651. The Hall–Kier alpha value is -1.55. The topological polar surface area (TPSA) is 61.5 Å². The van der Waals surface area contributed by atoms with Crippen LogP contribution in [-0.2, 0) is 16.0 Å². The molecular weight excluding hydrogens is 230 g/mol. The number of nitrogens with two attached hydrogens (primary N) is 1. The van der Waals surface area contributed by atoms with E-state index in [4.69, 9.17) is 15.2 Å². The first kappa shape index (κ1) is 14.5. The number of esters is 1. The van der Waals surface area contributed by atoms with Gasteiger partial charge in [-0.25, -0.2) is 0 Å². The number of carbonyl (C=O) groups is 1. The Balaban J connectivity index is 2.74. The molecule has 0 aromatic heterocycles. The molecule has 1 atom stereocenters. The molecule has 4 nitrogen and oxygen atoms in total. The van der Waals surface area contributed by atoms with Crippen LogP contribution in [0.2, 0.25) is 0 Å². The molecule has 1 aromatic rings. The molecule has 18 heavy (non-hydrogen) atoms. The predicted molar refractivity (Wildman–Crippen MR) is 70.5 cm³/mol. The number of hydrogen-bond acceptors (Lipinski definition) is 4. The van der Waals surface area contributed by atoms with E-state index in [1.807, 2.05) is 38.1 Å². The number of rotatable bonds is 6. The van der Waals surface area contributed by atoms with Gasteiger partial charge >= 0.3 is 5.97 Å². The number of ether oxygens (including phenoxy) is 2. The molecule has 0 aliphatic rings. The SMILES string of the molecule is CCOC(=O)C(N)Cc1ccccc1OC(C)C. The zero-order valence-corrected chi connectivity index (χ0v) is 11.2. The van der Waals surface area contributed by atoms with Crippen LogP contribution in [0.25, 0.3) is 0 Å². The molecule has 1 unspecified atom stereocenters. The van der Waals surface area contributed by atoms with Crippen LogP contribution in [0.15, 0.2) is 24.3 Å². The van der Waals surface area contributed by atoms with Crippen LogP contribution in [0.4, 0.5) is 0 Å². The molecule has 4 heteroatoms. The summed E-state index contributed by atoms with van der Waals surface area (Å²) in [6, 6.07) is 6.95. The van der Waals surface area contributed by atoms with E-state index >= 15 is 0 Å². The molecule has 0 saturated carbocycles. The van der Waals surface area contributed by atoms with Gasteiger partial charge in [0, 0.05) is 6.42 Å². The fourth-order valence-electron chi connectivity index (χ4n) is 1.61. The normalized spacial score (nSPS) is 12.3. The van der Waals surface area contributed by atoms with E-state index in [2.05, 4.69) is 0 Å². The van der Waals surface area contributed by atoms with Crippen molar-refractivity contribution >= 4 is 5.97 Å². The molecular formula is C14H21NO3. The average molecular weight is 251 g/mol. The second kappa shape index (κ2) is 7.01. The van der Waals surface area contributed by atoms with Crippen molar-refractivity contribution in [3.05, 3.63) is 29.8 Å². The number of hydrogen-bond donors (Lipinski definition) is 1.